The molecule has 19 heavy (non-hydrogen) atoms. The summed E-state index contributed by atoms with van der Waals surface area (Å²) in [5, 5.41) is 4.11. The SMILES string of the molecule is CCC(C)(C)NC(=O)CSCc1ccc(Cl)c(Cl)c1. The molecule has 5 heteroatoms. The third-order valence-electron chi connectivity index (χ3n) is 2.85. The molecular weight excluding hydrogens is 301 g/mol. The Bertz CT molecular complexity index is 449. The van der Waals surface area contributed by atoms with Crippen LogP contribution in [0.2, 0.25) is 10.0 Å². The Morgan fingerprint density at radius 3 is 2.58 bits per heavy atom. The largest absolute Gasteiger partial charge is 0.351 e. The Balaban J connectivity index is 2.38. The summed E-state index contributed by atoms with van der Waals surface area (Å²) in [5.41, 5.74) is 0.934. The number of carbonyl (C=O) groups excluding carboxylic acids is 1. The van der Waals surface area contributed by atoms with Crippen LogP contribution in [0, 0.1) is 0 Å². The predicted molar refractivity (Wildman–Crippen MR) is 85.1 cm³/mol. The summed E-state index contributed by atoms with van der Waals surface area (Å²) in [4.78, 5) is 11.7. The van der Waals surface area contributed by atoms with Gasteiger partial charge in [-0.05, 0) is 38.0 Å². The van der Waals surface area contributed by atoms with Gasteiger partial charge in [-0.1, -0.05) is 36.2 Å². The van der Waals surface area contributed by atoms with E-state index in [1.807, 2.05) is 26.0 Å². The summed E-state index contributed by atoms with van der Waals surface area (Å²) in [6, 6.07) is 5.54. The lowest BCUT2D eigenvalue weighted by Crippen LogP contribution is -2.43. The van der Waals surface area contributed by atoms with Gasteiger partial charge >= 0.3 is 0 Å². The van der Waals surface area contributed by atoms with Gasteiger partial charge in [-0.2, -0.15) is 0 Å². The van der Waals surface area contributed by atoms with Crippen LogP contribution in [-0.2, 0) is 10.5 Å². The monoisotopic (exact) mass is 319 g/mol. The first-order valence-corrected chi connectivity index (χ1v) is 8.08. The summed E-state index contributed by atoms with van der Waals surface area (Å²) in [6.07, 6.45) is 0.913. The van der Waals surface area contributed by atoms with Crippen LogP contribution in [0.15, 0.2) is 18.2 Å². The molecule has 1 rings (SSSR count). The van der Waals surface area contributed by atoms with Gasteiger partial charge in [0, 0.05) is 11.3 Å². The zero-order valence-corrected chi connectivity index (χ0v) is 13.8. The molecular formula is C14H19Cl2NOS. The highest BCUT2D eigenvalue weighted by atomic mass is 35.5. The highest BCUT2D eigenvalue weighted by molar-refractivity contribution is 7.99. The maximum absolute atomic E-state index is 11.7. The van der Waals surface area contributed by atoms with Gasteiger partial charge in [0.25, 0.3) is 0 Å². The molecule has 1 N–H and O–H groups in total. The molecule has 0 saturated heterocycles. The Morgan fingerprint density at radius 2 is 2.00 bits per heavy atom. The van der Waals surface area contributed by atoms with Crippen LogP contribution in [0.25, 0.3) is 0 Å². The van der Waals surface area contributed by atoms with Crippen molar-refractivity contribution < 1.29 is 4.79 Å². The van der Waals surface area contributed by atoms with Gasteiger partial charge in [0.15, 0.2) is 0 Å². The Morgan fingerprint density at radius 1 is 1.32 bits per heavy atom. The van der Waals surface area contributed by atoms with E-state index in [4.69, 9.17) is 23.2 Å². The quantitative estimate of drug-likeness (QED) is 0.834. The Kier molecular flexibility index (Phi) is 6.51. The lowest BCUT2D eigenvalue weighted by Gasteiger charge is -2.24. The van der Waals surface area contributed by atoms with Crippen molar-refractivity contribution in [3.63, 3.8) is 0 Å². The number of nitrogens with one attached hydrogen (secondary N) is 1. The molecule has 0 bridgehead atoms. The van der Waals surface area contributed by atoms with Gasteiger partial charge in [0.1, 0.15) is 0 Å². The van der Waals surface area contributed by atoms with E-state index >= 15 is 0 Å². The number of hydrogen-bond donors (Lipinski definition) is 1. The smallest absolute Gasteiger partial charge is 0.230 e. The topological polar surface area (TPSA) is 29.1 Å². The number of amides is 1. The molecule has 0 aliphatic carbocycles. The molecule has 0 aliphatic heterocycles. The minimum Gasteiger partial charge on any atom is -0.351 e. The van der Waals surface area contributed by atoms with E-state index in [1.54, 1.807) is 17.8 Å². The maximum Gasteiger partial charge on any atom is 0.230 e. The van der Waals surface area contributed by atoms with E-state index in [9.17, 15) is 4.79 Å². The van der Waals surface area contributed by atoms with E-state index in [-0.39, 0.29) is 11.4 Å². The van der Waals surface area contributed by atoms with Gasteiger partial charge in [-0.3, -0.25) is 4.79 Å². The number of carbonyl (C=O) groups is 1. The van der Waals surface area contributed by atoms with E-state index < -0.39 is 0 Å². The zero-order chi connectivity index (χ0) is 14.5. The van der Waals surface area contributed by atoms with Crippen molar-refractivity contribution in [2.45, 2.75) is 38.5 Å². The Labute approximate surface area is 129 Å². The number of benzene rings is 1. The first kappa shape index (κ1) is 16.7. The molecule has 1 amide bonds. The molecule has 0 fully saturated rings. The lowest BCUT2D eigenvalue weighted by atomic mass is 10.0. The first-order chi connectivity index (χ1) is 8.84. The van der Waals surface area contributed by atoms with Crippen LogP contribution < -0.4 is 5.32 Å². The van der Waals surface area contributed by atoms with Crippen LogP contribution in [-0.4, -0.2) is 17.2 Å². The third-order valence-corrected chi connectivity index (χ3v) is 4.59. The van der Waals surface area contributed by atoms with Crippen molar-refractivity contribution in [2.75, 3.05) is 5.75 Å². The average molecular weight is 320 g/mol. The van der Waals surface area contributed by atoms with E-state index in [0.29, 0.717) is 15.8 Å². The summed E-state index contributed by atoms with van der Waals surface area (Å²) in [6.45, 7) is 6.10. The van der Waals surface area contributed by atoms with Gasteiger partial charge in [-0.15, -0.1) is 11.8 Å². The maximum atomic E-state index is 11.7. The van der Waals surface area contributed by atoms with E-state index in [2.05, 4.69) is 12.2 Å². The number of halogens is 2. The normalized spacial score (nSPS) is 11.4. The minimum atomic E-state index is -0.138. The molecule has 2 nitrogen and oxygen atoms in total. The van der Waals surface area contributed by atoms with Gasteiger partial charge in [-0.25, -0.2) is 0 Å². The molecule has 0 aliphatic rings. The van der Waals surface area contributed by atoms with Gasteiger partial charge in [0.05, 0.1) is 15.8 Å². The van der Waals surface area contributed by atoms with E-state index in [1.165, 1.54) is 0 Å². The fourth-order valence-corrected chi connectivity index (χ4v) is 2.49. The molecule has 0 heterocycles. The number of rotatable bonds is 6. The number of hydrogen-bond acceptors (Lipinski definition) is 2. The third kappa shape index (κ3) is 6.07. The van der Waals surface area contributed by atoms with E-state index in [0.717, 1.165) is 17.7 Å². The second-order valence-corrected chi connectivity index (χ2v) is 6.83. The molecule has 0 atom stereocenters. The molecule has 1 aromatic carbocycles. The fraction of sp³-hybridized carbons (Fsp3) is 0.500. The second-order valence-electron chi connectivity index (χ2n) is 5.03. The molecule has 0 unspecified atom stereocenters. The molecule has 106 valence electrons. The van der Waals surface area contributed by atoms with Crippen LogP contribution in [0.1, 0.15) is 32.8 Å². The van der Waals surface area contributed by atoms with Crippen LogP contribution >= 0.6 is 35.0 Å². The summed E-state index contributed by atoms with van der Waals surface area (Å²) < 4.78 is 0. The van der Waals surface area contributed by atoms with Gasteiger partial charge in [0.2, 0.25) is 5.91 Å². The summed E-state index contributed by atoms with van der Waals surface area (Å²) >= 11 is 13.4. The predicted octanol–water partition coefficient (Wildman–Crippen LogP) is 4.53. The van der Waals surface area contributed by atoms with Crippen LogP contribution in [0.4, 0.5) is 0 Å². The van der Waals surface area contributed by atoms with Crippen molar-refractivity contribution in [1.82, 2.24) is 5.32 Å². The first-order valence-electron chi connectivity index (χ1n) is 6.17. The van der Waals surface area contributed by atoms with Crippen LogP contribution in [0.3, 0.4) is 0 Å². The molecule has 0 spiro atoms. The second kappa shape index (κ2) is 7.41. The lowest BCUT2D eigenvalue weighted by molar-refractivity contribution is -0.120. The molecule has 0 aromatic heterocycles. The highest BCUT2D eigenvalue weighted by Gasteiger charge is 2.17. The minimum absolute atomic E-state index is 0.0666. The van der Waals surface area contributed by atoms with Crippen molar-refractivity contribution in [3.05, 3.63) is 33.8 Å². The molecule has 1 aromatic rings. The van der Waals surface area contributed by atoms with Crippen molar-refractivity contribution >= 4 is 40.9 Å². The fourth-order valence-electron chi connectivity index (χ4n) is 1.39. The molecule has 0 saturated carbocycles. The van der Waals surface area contributed by atoms with Crippen molar-refractivity contribution in [2.24, 2.45) is 0 Å². The van der Waals surface area contributed by atoms with Gasteiger partial charge < -0.3 is 5.32 Å². The van der Waals surface area contributed by atoms with Crippen LogP contribution in [0.5, 0.6) is 0 Å². The highest BCUT2D eigenvalue weighted by Crippen LogP contribution is 2.24. The molecule has 0 radical (unpaired) electrons. The summed E-state index contributed by atoms with van der Waals surface area (Å²) in [7, 11) is 0. The average Bonchev–Trinajstić information content (AvgIpc) is 2.33. The zero-order valence-electron chi connectivity index (χ0n) is 11.4. The summed E-state index contributed by atoms with van der Waals surface area (Å²) in [5.74, 6) is 1.26. The van der Waals surface area contributed by atoms with Crippen molar-refractivity contribution in [3.8, 4) is 0 Å². The van der Waals surface area contributed by atoms with Crippen molar-refractivity contribution in [1.29, 1.82) is 0 Å². The Hall–Kier alpha value is -0.380. The number of thioether (sulfide) groups is 1. The standard InChI is InChI=1S/C14H19Cl2NOS/c1-4-14(2,3)17-13(18)9-19-8-10-5-6-11(15)12(16)7-10/h5-7H,4,8-9H2,1-3H3,(H,17,18).